The van der Waals surface area contributed by atoms with Crippen LogP contribution in [0.1, 0.15) is 11.1 Å². The first-order valence-corrected chi connectivity index (χ1v) is 4.54. The van der Waals surface area contributed by atoms with E-state index in [4.69, 9.17) is 0 Å². The van der Waals surface area contributed by atoms with Gasteiger partial charge in [-0.2, -0.15) is 8.78 Å². The van der Waals surface area contributed by atoms with Crippen molar-refractivity contribution in [3.63, 3.8) is 0 Å². The van der Waals surface area contributed by atoms with Crippen LogP contribution in [0, 0.1) is 18.5 Å². The van der Waals surface area contributed by atoms with Crippen molar-refractivity contribution in [2.24, 2.45) is 0 Å². The number of hydrogen-bond donors (Lipinski definition) is 0. The van der Waals surface area contributed by atoms with Gasteiger partial charge in [-0.3, -0.25) is 0 Å². The van der Waals surface area contributed by atoms with E-state index in [0.717, 1.165) is 5.39 Å². The number of halogens is 3. The Morgan fingerprint density at radius 1 is 0.938 bits per heavy atom. The lowest BCUT2D eigenvalue weighted by atomic mass is 10.0. The van der Waals surface area contributed by atoms with Crippen molar-refractivity contribution in [1.82, 2.24) is 0 Å². The standard InChI is InChI=1S/C13H6F3/c14-6-5-9-1-2-11-8-12(13(15)16)4-3-10(11)7-9/h1-4,7-8H. The van der Waals surface area contributed by atoms with Gasteiger partial charge in [0.1, 0.15) is 6.17 Å². The second kappa shape index (κ2) is 4.28. The second-order valence-electron chi connectivity index (χ2n) is 3.26. The third kappa shape index (κ3) is 2.01. The van der Waals surface area contributed by atoms with Crippen LogP contribution in [0.15, 0.2) is 36.4 Å². The van der Waals surface area contributed by atoms with Gasteiger partial charge in [0, 0.05) is 11.1 Å². The Labute approximate surface area is 90.7 Å². The topological polar surface area (TPSA) is 0 Å². The summed E-state index contributed by atoms with van der Waals surface area (Å²) in [5, 5.41) is 1.43. The van der Waals surface area contributed by atoms with E-state index in [0.29, 0.717) is 10.9 Å². The monoisotopic (exact) mass is 219 g/mol. The van der Waals surface area contributed by atoms with Crippen LogP contribution in [-0.4, -0.2) is 0 Å². The van der Waals surface area contributed by atoms with Crippen LogP contribution in [0.2, 0.25) is 0 Å². The molecule has 16 heavy (non-hydrogen) atoms. The van der Waals surface area contributed by atoms with Crippen molar-refractivity contribution in [3.05, 3.63) is 54.0 Å². The highest BCUT2D eigenvalue weighted by molar-refractivity contribution is 5.84. The van der Waals surface area contributed by atoms with E-state index >= 15 is 0 Å². The van der Waals surface area contributed by atoms with Gasteiger partial charge >= 0.3 is 6.43 Å². The molecule has 0 bridgehead atoms. The third-order valence-corrected chi connectivity index (χ3v) is 2.25. The fraction of sp³-hybridized carbons (Fsp3) is 0. The zero-order valence-corrected chi connectivity index (χ0v) is 8.10. The zero-order chi connectivity index (χ0) is 11.5. The Morgan fingerprint density at radius 3 is 2.31 bits per heavy atom. The smallest absolute Gasteiger partial charge is 0.194 e. The second-order valence-corrected chi connectivity index (χ2v) is 3.26. The van der Waals surface area contributed by atoms with Crippen LogP contribution < -0.4 is 0 Å². The molecule has 0 heterocycles. The average molecular weight is 219 g/mol. The van der Waals surface area contributed by atoms with Gasteiger partial charge in [-0.25, -0.2) is 0 Å². The molecule has 0 saturated carbocycles. The Hall–Kier alpha value is -1.95. The van der Waals surface area contributed by atoms with Crippen LogP contribution in [0.3, 0.4) is 0 Å². The Bertz CT molecular complexity index is 576. The van der Waals surface area contributed by atoms with Gasteiger partial charge in [-0.1, -0.05) is 18.2 Å². The minimum Gasteiger partial charge on any atom is -0.194 e. The van der Waals surface area contributed by atoms with Crippen molar-refractivity contribution >= 4 is 10.8 Å². The van der Waals surface area contributed by atoms with Crippen molar-refractivity contribution in [2.75, 3.05) is 0 Å². The third-order valence-electron chi connectivity index (χ3n) is 2.25. The van der Waals surface area contributed by atoms with Crippen LogP contribution in [-0.2, 0) is 0 Å². The summed E-state index contributed by atoms with van der Waals surface area (Å²) in [6.07, 6.45) is -0.409. The molecule has 2 rings (SSSR count). The van der Waals surface area contributed by atoms with Crippen molar-refractivity contribution in [2.45, 2.75) is 0 Å². The fourth-order valence-electron chi connectivity index (χ4n) is 1.50. The molecular weight excluding hydrogens is 213 g/mol. The van der Waals surface area contributed by atoms with Crippen LogP contribution >= 0.6 is 0 Å². The lowest BCUT2D eigenvalue weighted by Crippen LogP contribution is -1.85. The summed E-state index contributed by atoms with van der Waals surface area (Å²) in [5.74, 6) is 2.27. The van der Waals surface area contributed by atoms with Crippen LogP contribution in [0.5, 0.6) is 0 Å². The molecule has 0 saturated heterocycles. The number of hydrogen-bond acceptors (Lipinski definition) is 0. The molecule has 0 nitrogen and oxygen atoms in total. The van der Waals surface area contributed by atoms with Gasteiger partial charge in [0.2, 0.25) is 0 Å². The minimum atomic E-state index is -1.71. The molecule has 0 spiro atoms. The SMILES string of the molecule is FC#Cc1ccc2cc([C](F)F)ccc2c1. The number of benzene rings is 2. The average Bonchev–Trinajstić information content (AvgIpc) is 2.28. The summed E-state index contributed by atoms with van der Waals surface area (Å²) in [6.45, 7) is 0. The van der Waals surface area contributed by atoms with Crippen molar-refractivity contribution in [3.8, 4) is 12.1 Å². The zero-order valence-electron chi connectivity index (χ0n) is 8.10. The van der Waals surface area contributed by atoms with Crippen LogP contribution in [0.25, 0.3) is 10.8 Å². The van der Waals surface area contributed by atoms with Crippen LogP contribution in [0.4, 0.5) is 13.2 Å². The van der Waals surface area contributed by atoms with Gasteiger partial charge < -0.3 is 0 Å². The maximum absolute atomic E-state index is 12.3. The molecule has 2 aromatic rings. The highest BCUT2D eigenvalue weighted by Gasteiger charge is 2.09. The van der Waals surface area contributed by atoms with Gasteiger partial charge in [0.05, 0.1) is 0 Å². The first-order valence-electron chi connectivity index (χ1n) is 4.54. The molecule has 0 aliphatic carbocycles. The molecule has 3 heteroatoms. The van der Waals surface area contributed by atoms with E-state index in [2.05, 4.69) is 5.92 Å². The lowest BCUT2D eigenvalue weighted by Gasteiger charge is -2.01. The van der Waals surface area contributed by atoms with Gasteiger partial charge in [-0.05, 0) is 34.9 Å². The van der Waals surface area contributed by atoms with Gasteiger partial charge in [-0.15, -0.1) is 4.39 Å². The Kier molecular flexibility index (Phi) is 2.82. The molecule has 0 fully saturated rings. The molecule has 0 amide bonds. The summed E-state index contributed by atoms with van der Waals surface area (Å²) in [5.41, 5.74) is 0.421. The maximum Gasteiger partial charge on any atom is 0.339 e. The highest BCUT2D eigenvalue weighted by Crippen LogP contribution is 2.23. The molecule has 0 unspecified atom stereocenters. The molecule has 0 aromatic heterocycles. The van der Waals surface area contributed by atoms with E-state index in [1.165, 1.54) is 18.3 Å². The van der Waals surface area contributed by atoms with E-state index in [1.54, 1.807) is 24.3 Å². The summed E-state index contributed by atoms with van der Waals surface area (Å²) in [6, 6.07) is 9.16. The summed E-state index contributed by atoms with van der Waals surface area (Å²) >= 11 is 0. The molecule has 0 aliphatic rings. The molecule has 0 N–H and O–H groups in total. The van der Waals surface area contributed by atoms with Gasteiger partial charge in [0.15, 0.2) is 0 Å². The van der Waals surface area contributed by atoms with E-state index < -0.39 is 6.43 Å². The molecule has 1 radical (unpaired) electrons. The summed E-state index contributed by atoms with van der Waals surface area (Å²) < 4.78 is 36.5. The molecular formula is C13H6F3. The Balaban J connectivity index is 2.55. The predicted molar refractivity (Wildman–Crippen MR) is 56.5 cm³/mol. The Morgan fingerprint density at radius 2 is 1.62 bits per heavy atom. The normalized spacial score (nSPS) is 10.2. The predicted octanol–water partition coefficient (Wildman–Crippen LogP) is 3.89. The molecule has 79 valence electrons. The van der Waals surface area contributed by atoms with Crippen molar-refractivity contribution < 1.29 is 13.2 Å². The van der Waals surface area contributed by atoms with E-state index in [-0.39, 0.29) is 5.56 Å². The van der Waals surface area contributed by atoms with Crippen molar-refractivity contribution in [1.29, 1.82) is 0 Å². The summed E-state index contributed by atoms with van der Waals surface area (Å²) in [7, 11) is 0. The molecule has 0 aliphatic heterocycles. The first kappa shape index (κ1) is 10.6. The van der Waals surface area contributed by atoms with Gasteiger partial charge in [0.25, 0.3) is 0 Å². The molecule has 0 atom stereocenters. The number of fused-ring (bicyclic) bond motifs is 1. The highest BCUT2D eigenvalue weighted by atomic mass is 19.3. The van der Waals surface area contributed by atoms with E-state index in [1.807, 2.05) is 0 Å². The fourth-order valence-corrected chi connectivity index (χ4v) is 1.50. The molecule has 2 aromatic carbocycles. The first-order chi connectivity index (χ1) is 7.70. The number of rotatable bonds is 1. The lowest BCUT2D eigenvalue weighted by molar-refractivity contribution is 0.325. The van der Waals surface area contributed by atoms with E-state index in [9.17, 15) is 13.2 Å². The minimum absolute atomic E-state index is 0.100. The summed E-state index contributed by atoms with van der Waals surface area (Å²) in [4.78, 5) is 0. The maximum atomic E-state index is 12.3. The largest absolute Gasteiger partial charge is 0.339 e. The quantitative estimate of drug-likeness (QED) is 0.638.